The summed E-state index contributed by atoms with van der Waals surface area (Å²) in [5.74, 6) is -0.754. The lowest BCUT2D eigenvalue weighted by Crippen LogP contribution is -2.12. The quantitative estimate of drug-likeness (QED) is 0.338. The maximum absolute atomic E-state index is 11.4. The molecule has 0 saturated carbocycles. The van der Waals surface area contributed by atoms with Crippen molar-refractivity contribution in [3.8, 4) is 28.3 Å². The molecule has 0 saturated heterocycles. The van der Waals surface area contributed by atoms with Crippen LogP contribution in [0.25, 0.3) is 50.5 Å². The summed E-state index contributed by atoms with van der Waals surface area (Å²) in [6.07, 6.45) is 8.53. The third kappa shape index (κ3) is 3.22. The number of rotatable bonds is 4. The van der Waals surface area contributed by atoms with E-state index in [1.54, 1.807) is 18.7 Å². The van der Waals surface area contributed by atoms with Crippen LogP contribution in [0.2, 0.25) is 0 Å². The Balaban J connectivity index is 1.63. The maximum Gasteiger partial charge on any atom is 0.259 e. The van der Waals surface area contributed by atoms with Gasteiger partial charge in [0.1, 0.15) is 17.3 Å². The van der Waals surface area contributed by atoms with Gasteiger partial charge >= 0.3 is 0 Å². The van der Waals surface area contributed by atoms with Gasteiger partial charge in [0.05, 0.1) is 6.26 Å². The Morgan fingerprint density at radius 3 is 2.84 bits per heavy atom. The zero-order chi connectivity index (χ0) is 21.4. The topological polar surface area (TPSA) is 122 Å². The number of aromatic amines is 1. The minimum Gasteiger partial charge on any atom is -0.446 e. The maximum atomic E-state index is 11.4. The molecule has 4 heterocycles. The second-order valence-electron chi connectivity index (χ2n) is 6.98. The Morgan fingerprint density at radius 1 is 1.10 bits per heavy atom. The number of nitrogens with two attached hydrogens (primary N) is 1. The van der Waals surface area contributed by atoms with E-state index >= 15 is 0 Å². The smallest absolute Gasteiger partial charge is 0.259 e. The molecule has 0 atom stereocenters. The molecular weight excluding hydrogens is 390 g/mol. The Bertz CT molecular complexity index is 1530. The molecule has 0 fully saturated rings. The van der Waals surface area contributed by atoms with Crippen LogP contribution in [0, 0.1) is 11.3 Å². The number of primary amides is 1. The minimum atomic E-state index is -0.754. The Labute approximate surface area is 176 Å². The van der Waals surface area contributed by atoms with Crippen LogP contribution in [-0.4, -0.2) is 20.9 Å². The van der Waals surface area contributed by atoms with Gasteiger partial charge in [0, 0.05) is 40.5 Å². The van der Waals surface area contributed by atoms with Crippen molar-refractivity contribution in [2.45, 2.75) is 0 Å². The summed E-state index contributed by atoms with van der Waals surface area (Å²) in [6, 6.07) is 15.2. The van der Waals surface area contributed by atoms with Gasteiger partial charge in [0.15, 0.2) is 0 Å². The van der Waals surface area contributed by atoms with Crippen molar-refractivity contribution in [3.05, 3.63) is 78.5 Å². The SMILES string of the molecule is N#CC(=Cc1cccc(-c2cnc3[nH]cc(-c4ccnc5occc45)c3c2)c1)C(N)=O. The van der Waals surface area contributed by atoms with Crippen LogP contribution in [0.15, 0.2) is 77.3 Å². The molecular formula is C24H15N5O2. The predicted molar refractivity (Wildman–Crippen MR) is 117 cm³/mol. The first kappa shape index (κ1) is 18.3. The first-order chi connectivity index (χ1) is 15.1. The summed E-state index contributed by atoms with van der Waals surface area (Å²) in [5, 5.41) is 11.0. The lowest BCUT2D eigenvalue weighted by molar-refractivity contribution is -0.114. The third-order valence-electron chi connectivity index (χ3n) is 5.11. The van der Waals surface area contributed by atoms with Crippen LogP contribution in [-0.2, 0) is 4.79 Å². The van der Waals surface area contributed by atoms with Crippen LogP contribution >= 0.6 is 0 Å². The number of nitrogens with zero attached hydrogens (tertiary/aromatic N) is 3. The number of H-pyrrole nitrogens is 1. The van der Waals surface area contributed by atoms with Gasteiger partial charge in [-0.2, -0.15) is 5.26 Å². The molecule has 0 spiro atoms. The van der Waals surface area contributed by atoms with E-state index in [1.165, 1.54) is 6.08 Å². The van der Waals surface area contributed by atoms with Crippen molar-refractivity contribution in [2.24, 2.45) is 5.73 Å². The van der Waals surface area contributed by atoms with Gasteiger partial charge < -0.3 is 15.1 Å². The highest BCUT2D eigenvalue weighted by Gasteiger charge is 2.13. The Hall–Kier alpha value is -4.70. The van der Waals surface area contributed by atoms with Crippen molar-refractivity contribution < 1.29 is 9.21 Å². The molecule has 0 bridgehead atoms. The van der Waals surface area contributed by atoms with Crippen molar-refractivity contribution in [1.82, 2.24) is 15.0 Å². The molecule has 1 aromatic carbocycles. The average Bonchev–Trinajstić information content (AvgIpc) is 3.44. The fourth-order valence-corrected chi connectivity index (χ4v) is 3.63. The molecule has 0 aliphatic carbocycles. The number of hydrogen-bond acceptors (Lipinski definition) is 5. The first-order valence-corrected chi connectivity index (χ1v) is 9.46. The van der Waals surface area contributed by atoms with Crippen LogP contribution in [0.3, 0.4) is 0 Å². The molecule has 0 unspecified atom stereocenters. The second-order valence-corrected chi connectivity index (χ2v) is 6.98. The normalized spacial score (nSPS) is 11.6. The summed E-state index contributed by atoms with van der Waals surface area (Å²) in [7, 11) is 0. The number of nitrogens with one attached hydrogen (secondary N) is 1. The number of aromatic nitrogens is 3. The third-order valence-corrected chi connectivity index (χ3v) is 5.11. The standard InChI is InChI=1S/C24H15N5O2/c25-11-16(22(26)30)9-14-2-1-3-15(8-14)17-10-20-21(13-29-23(20)28-12-17)18-4-6-27-24-19(18)5-7-31-24/h1-10,12-13H,(H2,26,30)(H,28,29). The molecule has 5 aromatic rings. The largest absolute Gasteiger partial charge is 0.446 e. The van der Waals surface area contributed by atoms with Gasteiger partial charge in [-0.25, -0.2) is 9.97 Å². The molecule has 4 aromatic heterocycles. The lowest BCUT2D eigenvalue weighted by atomic mass is 10.00. The number of furan rings is 1. The zero-order valence-corrected chi connectivity index (χ0v) is 16.2. The van der Waals surface area contributed by atoms with Gasteiger partial charge in [0.2, 0.25) is 5.71 Å². The van der Waals surface area contributed by atoms with E-state index in [0.29, 0.717) is 11.3 Å². The van der Waals surface area contributed by atoms with Crippen LogP contribution in [0.4, 0.5) is 0 Å². The number of pyridine rings is 2. The highest BCUT2D eigenvalue weighted by Crippen LogP contribution is 2.35. The summed E-state index contributed by atoms with van der Waals surface area (Å²) in [6.45, 7) is 0. The Morgan fingerprint density at radius 2 is 2.00 bits per heavy atom. The summed E-state index contributed by atoms with van der Waals surface area (Å²) in [4.78, 5) is 23.4. The van der Waals surface area contributed by atoms with Gasteiger partial charge in [-0.1, -0.05) is 18.2 Å². The van der Waals surface area contributed by atoms with Crippen molar-refractivity contribution in [3.63, 3.8) is 0 Å². The molecule has 0 radical (unpaired) electrons. The number of fused-ring (bicyclic) bond motifs is 2. The van der Waals surface area contributed by atoms with Gasteiger partial charge in [-0.05, 0) is 47.0 Å². The molecule has 5 rings (SSSR count). The zero-order valence-electron chi connectivity index (χ0n) is 16.2. The average molecular weight is 405 g/mol. The van der Waals surface area contributed by atoms with E-state index in [-0.39, 0.29) is 5.57 Å². The first-order valence-electron chi connectivity index (χ1n) is 9.46. The van der Waals surface area contributed by atoms with E-state index in [0.717, 1.165) is 38.7 Å². The molecule has 7 nitrogen and oxygen atoms in total. The van der Waals surface area contributed by atoms with E-state index in [4.69, 9.17) is 15.4 Å². The van der Waals surface area contributed by atoms with Gasteiger partial charge in [-0.15, -0.1) is 0 Å². The van der Waals surface area contributed by atoms with E-state index in [1.807, 2.05) is 48.7 Å². The molecule has 3 N–H and O–H groups in total. The second kappa shape index (κ2) is 7.28. The fourth-order valence-electron chi connectivity index (χ4n) is 3.63. The van der Waals surface area contributed by atoms with Gasteiger partial charge in [-0.3, -0.25) is 4.79 Å². The fraction of sp³-hybridized carbons (Fsp3) is 0. The monoisotopic (exact) mass is 405 g/mol. The van der Waals surface area contributed by atoms with Crippen LogP contribution in [0.5, 0.6) is 0 Å². The van der Waals surface area contributed by atoms with E-state index in [9.17, 15) is 4.79 Å². The molecule has 7 heteroatoms. The van der Waals surface area contributed by atoms with Crippen molar-refractivity contribution in [2.75, 3.05) is 0 Å². The highest BCUT2D eigenvalue weighted by molar-refractivity contribution is 6.03. The highest BCUT2D eigenvalue weighted by atomic mass is 16.3. The number of hydrogen-bond donors (Lipinski definition) is 2. The Kier molecular flexibility index (Phi) is 4.31. The van der Waals surface area contributed by atoms with E-state index < -0.39 is 5.91 Å². The van der Waals surface area contributed by atoms with Crippen molar-refractivity contribution >= 4 is 34.1 Å². The molecule has 31 heavy (non-hydrogen) atoms. The number of benzene rings is 1. The molecule has 0 aliphatic rings. The summed E-state index contributed by atoms with van der Waals surface area (Å²) < 4.78 is 5.43. The molecule has 0 aliphatic heterocycles. The number of amides is 1. The van der Waals surface area contributed by atoms with Crippen LogP contribution < -0.4 is 5.73 Å². The van der Waals surface area contributed by atoms with Gasteiger partial charge in [0.25, 0.3) is 5.91 Å². The summed E-state index contributed by atoms with van der Waals surface area (Å²) in [5.41, 5.74) is 11.0. The number of nitriles is 1. The van der Waals surface area contributed by atoms with Crippen LogP contribution in [0.1, 0.15) is 5.56 Å². The minimum absolute atomic E-state index is 0.0968. The van der Waals surface area contributed by atoms with Crippen molar-refractivity contribution in [1.29, 1.82) is 5.26 Å². The molecule has 148 valence electrons. The number of carbonyl (C=O) groups excluding carboxylic acids is 1. The summed E-state index contributed by atoms with van der Waals surface area (Å²) >= 11 is 0. The predicted octanol–water partition coefficient (Wildman–Crippen LogP) is 4.43. The lowest BCUT2D eigenvalue weighted by Gasteiger charge is -2.05. The van der Waals surface area contributed by atoms with E-state index in [2.05, 4.69) is 21.0 Å². The molecule has 1 amide bonds. The number of carbonyl (C=O) groups is 1.